The van der Waals surface area contributed by atoms with E-state index in [4.69, 9.17) is 0 Å². The van der Waals surface area contributed by atoms with Gasteiger partial charge in [-0.1, -0.05) is 11.6 Å². The van der Waals surface area contributed by atoms with Gasteiger partial charge in [0.2, 0.25) is 0 Å². The molecular weight excluding hydrogens is 292 g/mol. The Labute approximate surface area is 135 Å². The summed E-state index contributed by atoms with van der Waals surface area (Å²) in [6.45, 7) is 7.63. The van der Waals surface area contributed by atoms with E-state index in [1.54, 1.807) is 32.2 Å². The third kappa shape index (κ3) is 2.99. The summed E-state index contributed by atoms with van der Waals surface area (Å²) in [6.07, 6.45) is 1.89. The highest BCUT2D eigenvalue weighted by molar-refractivity contribution is 5.67. The molecule has 1 N–H and O–H groups in total. The fraction of sp³-hybridized carbons (Fsp3) is 0.333. The molecule has 1 aromatic heterocycles. The van der Waals surface area contributed by atoms with Gasteiger partial charge in [0.25, 0.3) is 5.56 Å². The van der Waals surface area contributed by atoms with Gasteiger partial charge in [0, 0.05) is 18.2 Å². The highest BCUT2D eigenvalue weighted by Gasteiger charge is 2.17. The number of hydrogen-bond donors (Lipinski definition) is 1. The van der Waals surface area contributed by atoms with E-state index in [0.29, 0.717) is 11.3 Å². The SMILES string of the molecule is CC=C(C)Cn1c(=O)c(C)c(-c2ccc(O)cc2C)n(C)c1=O. The maximum absolute atomic E-state index is 12.6. The van der Waals surface area contributed by atoms with Crippen molar-refractivity contribution in [2.24, 2.45) is 7.05 Å². The van der Waals surface area contributed by atoms with E-state index in [9.17, 15) is 14.7 Å². The minimum atomic E-state index is -0.343. The maximum atomic E-state index is 12.6. The Hall–Kier alpha value is -2.56. The summed E-state index contributed by atoms with van der Waals surface area (Å²) in [4.78, 5) is 25.3. The summed E-state index contributed by atoms with van der Waals surface area (Å²) >= 11 is 0. The first-order valence-electron chi connectivity index (χ1n) is 7.50. The average molecular weight is 314 g/mol. The summed E-state index contributed by atoms with van der Waals surface area (Å²) in [7, 11) is 1.66. The minimum Gasteiger partial charge on any atom is -0.508 e. The van der Waals surface area contributed by atoms with E-state index in [2.05, 4.69) is 0 Å². The molecule has 0 saturated heterocycles. The second-order valence-electron chi connectivity index (χ2n) is 5.84. The van der Waals surface area contributed by atoms with E-state index in [1.807, 2.05) is 26.8 Å². The van der Waals surface area contributed by atoms with Crippen LogP contribution in [0.4, 0.5) is 0 Å². The Kier molecular flexibility index (Phi) is 4.59. The molecule has 0 aliphatic heterocycles. The van der Waals surface area contributed by atoms with Crippen molar-refractivity contribution in [3.63, 3.8) is 0 Å². The lowest BCUT2D eigenvalue weighted by Gasteiger charge is -2.17. The van der Waals surface area contributed by atoms with Gasteiger partial charge in [0.15, 0.2) is 0 Å². The molecule has 5 heteroatoms. The van der Waals surface area contributed by atoms with Crippen LogP contribution in [0.5, 0.6) is 5.75 Å². The number of aromatic hydroxyl groups is 1. The second-order valence-corrected chi connectivity index (χ2v) is 5.84. The van der Waals surface area contributed by atoms with Gasteiger partial charge in [-0.05, 0) is 51.5 Å². The third-order valence-corrected chi connectivity index (χ3v) is 4.14. The normalized spacial score (nSPS) is 11.8. The van der Waals surface area contributed by atoms with Crippen molar-refractivity contribution in [1.82, 2.24) is 9.13 Å². The molecular formula is C18H22N2O3. The molecule has 5 nitrogen and oxygen atoms in total. The van der Waals surface area contributed by atoms with Crippen LogP contribution in [0, 0.1) is 13.8 Å². The molecule has 0 bridgehead atoms. The zero-order valence-corrected chi connectivity index (χ0v) is 14.2. The lowest BCUT2D eigenvalue weighted by Crippen LogP contribution is -2.41. The average Bonchev–Trinajstić information content (AvgIpc) is 2.51. The number of nitrogens with zero attached hydrogens (tertiary/aromatic N) is 2. The number of phenolic OH excluding ortho intramolecular Hbond substituents is 1. The van der Waals surface area contributed by atoms with Crippen molar-refractivity contribution in [2.45, 2.75) is 34.2 Å². The number of benzene rings is 1. The van der Waals surface area contributed by atoms with Crippen molar-refractivity contribution in [2.75, 3.05) is 0 Å². The van der Waals surface area contributed by atoms with Crippen molar-refractivity contribution in [3.05, 3.63) is 61.8 Å². The topological polar surface area (TPSA) is 64.2 Å². The molecule has 1 heterocycles. The van der Waals surface area contributed by atoms with Crippen molar-refractivity contribution in [1.29, 1.82) is 0 Å². The van der Waals surface area contributed by atoms with E-state index < -0.39 is 0 Å². The Balaban J connectivity index is 2.78. The predicted octanol–water partition coefficient (Wildman–Crippen LogP) is 2.50. The fourth-order valence-corrected chi connectivity index (χ4v) is 2.70. The zero-order chi connectivity index (χ0) is 17.3. The summed E-state index contributed by atoms with van der Waals surface area (Å²) < 4.78 is 2.75. The van der Waals surface area contributed by atoms with Crippen LogP contribution in [0.25, 0.3) is 11.3 Å². The third-order valence-electron chi connectivity index (χ3n) is 4.14. The number of rotatable bonds is 3. The number of phenols is 1. The van der Waals surface area contributed by atoms with E-state index in [1.165, 1.54) is 9.13 Å². The van der Waals surface area contributed by atoms with Gasteiger partial charge in [0.05, 0.1) is 12.2 Å². The van der Waals surface area contributed by atoms with Gasteiger partial charge >= 0.3 is 5.69 Å². The largest absolute Gasteiger partial charge is 0.508 e. The van der Waals surface area contributed by atoms with Crippen LogP contribution in [0.2, 0.25) is 0 Å². The molecule has 0 saturated carbocycles. The van der Waals surface area contributed by atoms with Crippen molar-refractivity contribution < 1.29 is 5.11 Å². The Morgan fingerprint density at radius 2 is 1.91 bits per heavy atom. The first kappa shape index (κ1) is 16.8. The molecule has 0 aliphatic rings. The highest BCUT2D eigenvalue weighted by Crippen LogP contribution is 2.26. The Bertz CT molecular complexity index is 864. The molecule has 0 radical (unpaired) electrons. The molecule has 0 atom stereocenters. The van der Waals surface area contributed by atoms with E-state index in [0.717, 1.165) is 16.7 Å². The van der Waals surface area contributed by atoms with Crippen molar-refractivity contribution in [3.8, 4) is 17.0 Å². The molecule has 2 rings (SSSR count). The van der Waals surface area contributed by atoms with E-state index in [-0.39, 0.29) is 23.5 Å². The van der Waals surface area contributed by atoms with Gasteiger partial charge in [0.1, 0.15) is 5.75 Å². The van der Waals surface area contributed by atoms with Gasteiger partial charge in [-0.25, -0.2) is 4.79 Å². The molecule has 0 unspecified atom stereocenters. The molecule has 2 aromatic rings. The number of aryl methyl sites for hydroxylation is 1. The lowest BCUT2D eigenvalue weighted by molar-refractivity contribution is 0.475. The van der Waals surface area contributed by atoms with E-state index >= 15 is 0 Å². The first-order valence-corrected chi connectivity index (χ1v) is 7.50. The summed E-state index contributed by atoms with van der Waals surface area (Å²) in [5.74, 6) is 0.158. The number of allylic oxidation sites excluding steroid dienone is 2. The quantitative estimate of drug-likeness (QED) is 0.885. The van der Waals surface area contributed by atoms with Gasteiger partial charge in [-0.3, -0.25) is 13.9 Å². The number of aromatic nitrogens is 2. The standard InChI is InChI=1S/C18H22N2O3/c1-6-11(2)10-20-17(22)13(4)16(19(5)18(20)23)15-8-7-14(21)9-12(15)3/h6-9,21H,10H2,1-5H3. The Morgan fingerprint density at radius 1 is 1.26 bits per heavy atom. The summed E-state index contributed by atoms with van der Waals surface area (Å²) in [5.41, 5.74) is 3.02. The van der Waals surface area contributed by atoms with Crippen LogP contribution >= 0.6 is 0 Å². The minimum absolute atomic E-state index is 0.158. The van der Waals surface area contributed by atoms with Crippen LogP contribution < -0.4 is 11.2 Å². The highest BCUT2D eigenvalue weighted by atomic mass is 16.3. The molecule has 0 amide bonds. The maximum Gasteiger partial charge on any atom is 0.331 e. The van der Waals surface area contributed by atoms with Crippen molar-refractivity contribution >= 4 is 0 Å². The van der Waals surface area contributed by atoms with Crippen LogP contribution in [-0.4, -0.2) is 14.2 Å². The Morgan fingerprint density at radius 3 is 2.48 bits per heavy atom. The first-order chi connectivity index (χ1) is 10.8. The lowest BCUT2D eigenvalue weighted by atomic mass is 10.0. The smallest absolute Gasteiger partial charge is 0.331 e. The second kappa shape index (κ2) is 6.28. The van der Waals surface area contributed by atoms with Gasteiger partial charge in [-0.15, -0.1) is 0 Å². The molecule has 122 valence electrons. The van der Waals surface area contributed by atoms with Gasteiger partial charge in [-0.2, -0.15) is 0 Å². The summed E-state index contributed by atoms with van der Waals surface area (Å²) in [6, 6.07) is 4.91. The molecule has 23 heavy (non-hydrogen) atoms. The van der Waals surface area contributed by atoms with Crippen LogP contribution in [0.1, 0.15) is 25.0 Å². The summed E-state index contributed by atoms with van der Waals surface area (Å²) in [5, 5.41) is 9.56. The zero-order valence-electron chi connectivity index (χ0n) is 14.2. The predicted molar refractivity (Wildman–Crippen MR) is 91.9 cm³/mol. The van der Waals surface area contributed by atoms with Crippen LogP contribution in [-0.2, 0) is 13.6 Å². The van der Waals surface area contributed by atoms with Crippen LogP contribution in [0.15, 0.2) is 39.4 Å². The fourth-order valence-electron chi connectivity index (χ4n) is 2.70. The molecule has 1 aromatic carbocycles. The molecule has 0 aliphatic carbocycles. The molecule has 0 fully saturated rings. The molecule has 0 spiro atoms. The number of hydrogen-bond acceptors (Lipinski definition) is 3. The van der Waals surface area contributed by atoms with Gasteiger partial charge < -0.3 is 5.11 Å². The monoisotopic (exact) mass is 314 g/mol. The van der Waals surface area contributed by atoms with Crippen LogP contribution in [0.3, 0.4) is 0 Å².